The van der Waals surface area contributed by atoms with Gasteiger partial charge in [0.05, 0.1) is 6.61 Å². The highest BCUT2D eigenvalue weighted by molar-refractivity contribution is 5.76. The Morgan fingerprint density at radius 1 is 1.24 bits per heavy atom. The van der Waals surface area contributed by atoms with E-state index < -0.39 is 0 Å². The zero-order valence-electron chi connectivity index (χ0n) is 15.7. The molecule has 140 valence electrons. The maximum absolute atomic E-state index is 12.4. The number of amides is 1. The molecule has 3 rings (SSSR count). The van der Waals surface area contributed by atoms with Gasteiger partial charge in [-0.1, -0.05) is 25.9 Å². The van der Waals surface area contributed by atoms with Crippen molar-refractivity contribution in [1.29, 1.82) is 0 Å². The highest BCUT2D eigenvalue weighted by atomic mass is 16.5. The molecule has 25 heavy (non-hydrogen) atoms. The molecule has 1 atom stereocenters. The molecular weight excluding hydrogens is 320 g/mol. The van der Waals surface area contributed by atoms with Crippen LogP contribution in [0.5, 0.6) is 0 Å². The standard InChI is InChI=1S/C18H30N4O3/c1-18(2,3)17-19-15(25-20-17)4-5-16(23)22-9-7-21(8-10-22)12-14-6-11-24-13-14/h14H,4-13H2,1-3H3. The summed E-state index contributed by atoms with van der Waals surface area (Å²) in [4.78, 5) is 21.2. The summed E-state index contributed by atoms with van der Waals surface area (Å²) in [6.07, 6.45) is 2.11. The molecule has 7 heteroatoms. The molecule has 2 aliphatic heterocycles. The Morgan fingerprint density at radius 2 is 2.00 bits per heavy atom. The molecule has 2 saturated heterocycles. The first-order chi connectivity index (χ1) is 11.9. The average Bonchev–Trinajstić information content (AvgIpc) is 3.24. The molecular formula is C18H30N4O3. The third kappa shape index (κ3) is 5.01. The van der Waals surface area contributed by atoms with Crippen LogP contribution < -0.4 is 0 Å². The Morgan fingerprint density at radius 3 is 2.60 bits per heavy atom. The topological polar surface area (TPSA) is 71.7 Å². The Kier molecular flexibility index (Phi) is 5.74. The SMILES string of the molecule is CC(C)(C)c1noc(CCC(=O)N2CCN(CC3CCOC3)CC2)n1. The number of hydrogen-bond acceptors (Lipinski definition) is 6. The van der Waals surface area contributed by atoms with Gasteiger partial charge in [0.25, 0.3) is 0 Å². The lowest BCUT2D eigenvalue weighted by molar-refractivity contribution is -0.133. The second kappa shape index (κ2) is 7.83. The zero-order valence-corrected chi connectivity index (χ0v) is 15.7. The summed E-state index contributed by atoms with van der Waals surface area (Å²) >= 11 is 0. The van der Waals surface area contributed by atoms with Gasteiger partial charge >= 0.3 is 0 Å². The van der Waals surface area contributed by atoms with Crippen LogP contribution in [0.1, 0.15) is 45.3 Å². The Hall–Kier alpha value is -1.47. The number of ether oxygens (including phenoxy) is 1. The summed E-state index contributed by atoms with van der Waals surface area (Å²) in [5.41, 5.74) is -0.132. The van der Waals surface area contributed by atoms with Gasteiger partial charge in [0.1, 0.15) is 0 Å². The van der Waals surface area contributed by atoms with Crippen LogP contribution in [0.2, 0.25) is 0 Å². The molecule has 0 saturated carbocycles. The van der Waals surface area contributed by atoms with Gasteiger partial charge in [-0.25, -0.2) is 0 Å². The number of rotatable bonds is 5. The lowest BCUT2D eigenvalue weighted by Gasteiger charge is -2.35. The molecule has 3 heterocycles. The predicted octanol–water partition coefficient (Wildman–Crippen LogP) is 1.48. The first kappa shape index (κ1) is 18.3. The Labute approximate surface area is 149 Å². The van der Waals surface area contributed by atoms with Gasteiger partial charge in [-0.3, -0.25) is 9.69 Å². The van der Waals surface area contributed by atoms with E-state index in [1.165, 1.54) is 6.42 Å². The first-order valence-corrected chi connectivity index (χ1v) is 9.33. The number of carbonyl (C=O) groups is 1. The van der Waals surface area contributed by atoms with E-state index in [1.807, 2.05) is 25.7 Å². The van der Waals surface area contributed by atoms with Gasteiger partial charge in [0.15, 0.2) is 5.82 Å². The molecule has 0 bridgehead atoms. The molecule has 2 aliphatic rings. The summed E-state index contributed by atoms with van der Waals surface area (Å²) < 4.78 is 10.7. The van der Waals surface area contributed by atoms with Crippen LogP contribution in [-0.2, 0) is 21.4 Å². The van der Waals surface area contributed by atoms with Crippen molar-refractivity contribution in [2.24, 2.45) is 5.92 Å². The monoisotopic (exact) mass is 350 g/mol. The van der Waals surface area contributed by atoms with E-state index in [0.717, 1.165) is 45.9 Å². The molecule has 2 fully saturated rings. The maximum Gasteiger partial charge on any atom is 0.227 e. The molecule has 0 radical (unpaired) electrons. The van der Waals surface area contributed by atoms with E-state index in [0.29, 0.717) is 30.5 Å². The smallest absolute Gasteiger partial charge is 0.227 e. The molecule has 0 aromatic carbocycles. The van der Waals surface area contributed by atoms with E-state index in [2.05, 4.69) is 15.0 Å². The van der Waals surface area contributed by atoms with E-state index in [1.54, 1.807) is 0 Å². The fourth-order valence-electron chi connectivity index (χ4n) is 3.31. The largest absolute Gasteiger partial charge is 0.381 e. The number of aromatic nitrogens is 2. The van der Waals surface area contributed by atoms with Crippen molar-refractivity contribution in [2.75, 3.05) is 45.9 Å². The minimum absolute atomic E-state index is 0.132. The summed E-state index contributed by atoms with van der Waals surface area (Å²) in [6.45, 7) is 12.5. The minimum Gasteiger partial charge on any atom is -0.381 e. The molecule has 1 amide bonds. The van der Waals surface area contributed by atoms with Gasteiger partial charge in [0.2, 0.25) is 11.8 Å². The number of hydrogen-bond donors (Lipinski definition) is 0. The van der Waals surface area contributed by atoms with Crippen LogP contribution in [0.3, 0.4) is 0 Å². The maximum atomic E-state index is 12.4. The van der Waals surface area contributed by atoms with Crippen molar-refractivity contribution in [3.63, 3.8) is 0 Å². The summed E-state index contributed by atoms with van der Waals surface area (Å²) in [6, 6.07) is 0. The molecule has 0 N–H and O–H groups in total. The van der Waals surface area contributed by atoms with Gasteiger partial charge in [-0.15, -0.1) is 0 Å². The van der Waals surface area contributed by atoms with Crippen molar-refractivity contribution in [1.82, 2.24) is 19.9 Å². The van der Waals surface area contributed by atoms with E-state index >= 15 is 0 Å². The lowest BCUT2D eigenvalue weighted by Crippen LogP contribution is -2.49. The highest BCUT2D eigenvalue weighted by Gasteiger charge is 2.25. The Balaban J connectivity index is 1.39. The second-order valence-corrected chi connectivity index (χ2v) is 8.17. The summed E-state index contributed by atoms with van der Waals surface area (Å²) in [7, 11) is 0. The summed E-state index contributed by atoms with van der Waals surface area (Å²) in [5, 5.41) is 4.01. The predicted molar refractivity (Wildman–Crippen MR) is 93.3 cm³/mol. The lowest BCUT2D eigenvalue weighted by atomic mass is 9.96. The van der Waals surface area contributed by atoms with Crippen LogP contribution in [-0.4, -0.2) is 71.8 Å². The van der Waals surface area contributed by atoms with Crippen LogP contribution >= 0.6 is 0 Å². The number of aryl methyl sites for hydroxylation is 1. The third-order valence-corrected chi connectivity index (χ3v) is 4.96. The third-order valence-electron chi connectivity index (χ3n) is 4.96. The number of carbonyl (C=O) groups excluding carboxylic acids is 1. The number of piperazine rings is 1. The zero-order chi connectivity index (χ0) is 17.9. The van der Waals surface area contributed by atoms with Crippen molar-refractivity contribution in [2.45, 2.75) is 45.4 Å². The molecule has 1 unspecified atom stereocenters. The van der Waals surface area contributed by atoms with E-state index in [-0.39, 0.29) is 11.3 Å². The Bertz CT molecular complexity index is 567. The van der Waals surface area contributed by atoms with Gasteiger partial charge in [-0.2, -0.15) is 4.98 Å². The van der Waals surface area contributed by atoms with E-state index in [4.69, 9.17) is 9.26 Å². The van der Waals surface area contributed by atoms with Crippen LogP contribution in [0, 0.1) is 5.92 Å². The fraction of sp³-hybridized carbons (Fsp3) is 0.833. The van der Waals surface area contributed by atoms with Crippen LogP contribution in [0.4, 0.5) is 0 Å². The highest BCUT2D eigenvalue weighted by Crippen LogP contribution is 2.19. The van der Waals surface area contributed by atoms with Crippen molar-refractivity contribution >= 4 is 5.91 Å². The van der Waals surface area contributed by atoms with Crippen molar-refractivity contribution in [3.8, 4) is 0 Å². The normalized spacial score (nSPS) is 22.5. The van der Waals surface area contributed by atoms with E-state index in [9.17, 15) is 4.79 Å². The molecule has 0 spiro atoms. The summed E-state index contributed by atoms with van der Waals surface area (Å²) in [5.74, 6) is 2.09. The molecule has 0 aliphatic carbocycles. The molecule has 1 aromatic heterocycles. The molecule has 7 nitrogen and oxygen atoms in total. The van der Waals surface area contributed by atoms with Crippen LogP contribution in [0.15, 0.2) is 4.52 Å². The van der Waals surface area contributed by atoms with Gasteiger partial charge in [-0.05, 0) is 12.3 Å². The first-order valence-electron chi connectivity index (χ1n) is 9.33. The van der Waals surface area contributed by atoms with Crippen molar-refractivity contribution in [3.05, 3.63) is 11.7 Å². The second-order valence-electron chi connectivity index (χ2n) is 8.17. The number of nitrogens with zero attached hydrogens (tertiary/aromatic N) is 4. The van der Waals surface area contributed by atoms with Gasteiger partial charge < -0.3 is 14.2 Å². The van der Waals surface area contributed by atoms with Crippen molar-refractivity contribution < 1.29 is 14.1 Å². The average molecular weight is 350 g/mol. The van der Waals surface area contributed by atoms with Gasteiger partial charge in [0, 0.05) is 57.6 Å². The quantitative estimate of drug-likeness (QED) is 0.801. The minimum atomic E-state index is -0.132. The van der Waals surface area contributed by atoms with Crippen LogP contribution in [0.25, 0.3) is 0 Å². The fourth-order valence-corrected chi connectivity index (χ4v) is 3.31. The molecule has 1 aromatic rings.